The average Bonchev–Trinajstić information content (AvgIpc) is 2.61. The normalized spacial score (nSPS) is 10.7. The number of nitrogens with zero attached hydrogens (tertiary/aromatic N) is 1. The Hall–Kier alpha value is -2.97. The van der Waals surface area contributed by atoms with Crippen LogP contribution in [0.4, 0.5) is 5.69 Å². The van der Waals surface area contributed by atoms with Crippen molar-refractivity contribution in [2.24, 2.45) is 0 Å². The van der Waals surface area contributed by atoms with Crippen molar-refractivity contribution in [2.45, 2.75) is 18.8 Å². The Balaban J connectivity index is 3.76. The predicted molar refractivity (Wildman–Crippen MR) is 80.4 cm³/mol. The molecule has 0 unspecified atom stereocenters. The molecule has 0 heterocycles. The second-order valence-electron chi connectivity index (χ2n) is 4.72. The van der Waals surface area contributed by atoms with Gasteiger partial charge in [-0.3, -0.25) is 19.7 Å². The number of carbonyl (C=O) groups excluding carboxylic acids is 3. The molecule has 0 fully saturated rings. The molecular weight excluding hydrogens is 322 g/mol. The smallest absolute Gasteiger partial charge is 0.338 e. The van der Waals surface area contributed by atoms with Crippen molar-refractivity contribution < 1.29 is 33.5 Å². The van der Waals surface area contributed by atoms with Crippen molar-refractivity contribution in [1.82, 2.24) is 0 Å². The van der Waals surface area contributed by atoms with Crippen molar-refractivity contribution in [1.29, 1.82) is 0 Å². The molecule has 1 aromatic rings. The number of hydrogen-bond acceptors (Lipinski definition) is 8. The van der Waals surface area contributed by atoms with E-state index in [2.05, 4.69) is 14.2 Å². The number of nitro benzene ring substituents is 1. The van der Waals surface area contributed by atoms with Crippen LogP contribution in [-0.4, -0.2) is 44.2 Å². The average molecular weight is 339 g/mol. The molecule has 9 heteroatoms. The molecule has 0 aliphatic heterocycles. The zero-order valence-corrected chi connectivity index (χ0v) is 13.7. The van der Waals surface area contributed by atoms with Crippen LogP contribution in [0.25, 0.3) is 0 Å². The summed E-state index contributed by atoms with van der Waals surface area (Å²) >= 11 is 0. The first-order valence-electron chi connectivity index (χ1n) is 6.84. The van der Waals surface area contributed by atoms with E-state index >= 15 is 0 Å². The molecule has 0 amide bonds. The van der Waals surface area contributed by atoms with Crippen LogP contribution in [0, 0.1) is 10.1 Å². The van der Waals surface area contributed by atoms with Gasteiger partial charge in [0.2, 0.25) is 0 Å². The van der Waals surface area contributed by atoms with Crippen molar-refractivity contribution >= 4 is 23.6 Å². The molecule has 0 radical (unpaired) electrons. The summed E-state index contributed by atoms with van der Waals surface area (Å²) in [5.74, 6) is -2.78. The quantitative estimate of drug-likeness (QED) is 0.250. The third-order valence-electron chi connectivity index (χ3n) is 3.67. The number of hydrogen-bond donors (Lipinski definition) is 0. The van der Waals surface area contributed by atoms with E-state index in [1.54, 1.807) is 0 Å². The third-order valence-corrected chi connectivity index (χ3v) is 3.67. The summed E-state index contributed by atoms with van der Waals surface area (Å²) in [6.45, 7) is 1.49. The molecule has 1 rings (SSSR count). The molecule has 0 atom stereocenters. The van der Waals surface area contributed by atoms with E-state index in [-0.39, 0.29) is 17.5 Å². The van der Waals surface area contributed by atoms with Crippen molar-refractivity contribution in [2.75, 3.05) is 21.3 Å². The fraction of sp³-hybridized carbons (Fsp3) is 0.400. The van der Waals surface area contributed by atoms with Crippen LogP contribution in [0.2, 0.25) is 0 Å². The van der Waals surface area contributed by atoms with Crippen molar-refractivity contribution in [3.63, 3.8) is 0 Å². The number of carbonyl (C=O) groups is 3. The maximum atomic E-state index is 12.3. The minimum atomic E-state index is -2.01. The molecule has 130 valence electrons. The van der Waals surface area contributed by atoms with E-state index in [0.717, 1.165) is 33.5 Å². The SMILES string of the molecule is CCC(C(=O)OC)(C(=O)OC)c1ccc(C(=O)OC)cc1[N+](=O)[O-]. The van der Waals surface area contributed by atoms with Crippen LogP contribution in [0.1, 0.15) is 29.3 Å². The van der Waals surface area contributed by atoms with Gasteiger partial charge in [-0.2, -0.15) is 0 Å². The lowest BCUT2D eigenvalue weighted by molar-refractivity contribution is -0.386. The van der Waals surface area contributed by atoms with Gasteiger partial charge >= 0.3 is 17.9 Å². The molecule has 0 aliphatic carbocycles. The second-order valence-corrected chi connectivity index (χ2v) is 4.72. The highest BCUT2D eigenvalue weighted by Crippen LogP contribution is 2.37. The minimum Gasteiger partial charge on any atom is -0.468 e. The largest absolute Gasteiger partial charge is 0.468 e. The summed E-state index contributed by atoms with van der Waals surface area (Å²) in [5, 5.41) is 11.4. The van der Waals surface area contributed by atoms with E-state index in [0.29, 0.717) is 0 Å². The summed E-state index contributed by atoms with van der Waals surface area (Å²) in [6.07, 6.45) is -0.134. The van der Waals surface area contributed by atoms with Gasteiger partial charge in [-0.15, -0.1) is 0 Å². The summed E-state index contributed by atoms with van der Waals surface area (Å²) in [4.78, 5) is 46.8. The Morgan fingerprint density at radius 3 is 2.00 bits per heavy atom. The molecule has 0 spiro atoms. The van der Waals surface area contributed by atoms with E-state index in [9.17, 15) is 24.5 Å². The molecule has 0 aromatic heterocycles. The van der Waals surface area contributed by atoms with Crippen LogP contribution in [0.3, 0.4) is 0 Å². The van der Waals surface area contributed by atoms with E-state index in [1.807, 2.05) is 0 Å². The van der Waals surface area contributed by atoms with E-state index in [1.165, 1.54) is 13.0 Å². The predicted octanol–water partition coefficient (Wildman–Crippen LogP) is 1.38. The van der Waals surface area contributed by atoms with Crippen molar-refractivity contribution in [3.8, 4) is 0 Å². The molecule has 1 aromatic carbocycles. The fourth-order valence-corrected chi connectivity index (χ4v) is 2.42. The van der Waals surface area contributed by atoms with Gasteiger partial charge in [0.05, 0.1) is 37.4 Å². The van der Waals surface area contributed by atoms with Crippen LogP contribution >= 0.6 is 0 Å². The number of rotatable bonds is 6. The topological polar surface area (TPSA) is 122 Å². The van der Waals surface area contributed by atoms with Crippen molar-refractivity contribution in [3.05, 3.63) is 39.4 Å². The molecule has 0 aliphatic rings. The van der Waals surface area contributed by atoms with Gasteiger partial charge in [0.1, 0.15) is 0 Å². The fourth-order valence-electron chi connectivity index (χ4n) is 2.42. The lowest BCUT2D eigenvalue weighted by Crippen LogP contribution is -2.45. The van der Waals surface area contributed by atoms with Gasteiger partial charge in [0, 0.05) is 6.07 Å². The standard InChI is InChI=1S/C15H17NO8/c1-5-15(13(18)23-3,14(19)24-4)10-7-6-9(12(17)22-2)8-11(10)16(20)21/h6-8H,5H2,1-4H3. The lowest BCUT2D eigenvalue weighted by Gasteiger charge is -2.27. The Morgan fingerprint density at radius 1 is 1.08 bits per heavy atom. The first-order chi connectivity index (χ1) is 11.3. The highest BCUT2D eigenvalue weighted by atomic mass is 16.6. The Morgan fingerprint density at radius 2 is 1.62 bits per heavy atom. The summed E-state index contributed by atoms with van der Waals surface area (Å²) in [7, 11) is 3.25. The number of ether oxygens (including phenoxy) is 3. The summed E-state index contributed by atoms with van der Waals surface area (Å²) in [5.41, 5.74) is -2.91. The Labute approximate surface area is 137 Å². The molecule has 0 saturated heterocycles. The van der Waals surface area contributed by atoms with Gasteiger partial charge in [-0.05, 0) is 18.6 Å². The Kier molecular flexibility index (Phi) is 5.99. The van der Waals surface area contributed by atoms with Crippen LogP contribution in [0.5, 0.6) is 0 Å². The summed E-state index contributed by atoms with van der Waals surface area (Å²) in [6, 6.07) is 3.32. The van der Waals surface area contributed by atoms with Crippen LogP contribution in [-0.2, 0) is 29.2 Å². The number of esters is 3. The molecular formula is C15H17NO8. The number of nitro groups is 1. The van der Waals surface area contributed by atoms with Gasteiger partial charge in [0.25, 0.3) is 5.69 Å². The van der Waals surface area contributed by atoms with E-state index < -0.39 is 33.9 Å². The van der Waals surface area contributed by atoms with Gasteiger partial charge < -0.3 is 14.2 Å². The second kappa shape index (κ2) is 7.53. The molecule has 0 saturated carbocycles. The van der Waals surface area contributed by atoms with E-state index in [4.69, 9.17) is 0 Å². The molecule has 0 bridgehead atoms. The third kappa shape index (κ3) is 3.05. The maximum Gasteiger partial charge on any atom is 0.338 e. The monoisotopic (exact) mass is 339 g/mol. The highest BCUT2D eigenvalue weighted by Gasteiger charge is 2.52. The minimum absolute atomic E-state index is 0.0901. The zero-order valence-electron chi connectivity index (χ0n) is 13.7. The van der Waals surface area contributed by atoms with Crippen LogP contribution in [0.15, 0.2) is 18.2 Å². The van der Waals surface area contributed by atoms with Gasteiger partial charge in [-0.25, -0.2) is 4.79 Å². The number of benzene rings is 1. The molecule has 9 nitrogen and oxygen atoms in total. The summed E-state index contributed by atoms with van der Waals surface area (Å²) < 4.78 is 13.8. The molecule has 24 heavy (non-hydrogen) atoms. The first-order valence-corrected chi connectivity index (χ1v) is 6.84. The van der Waals surface area contributed by atoms with Gasteiger partial charge in [0.15, 0.2) is 5.41 Å². The first kappa shape index (κ1) is 19.1. The molecule has 0 N–H and O–H groups in total. The highest BCUT2D eigenvalue weighted by molar-refractivity contribution is 6.07. The number of methoxy groups -OCH3 is 3. The van der Waals surface area contributed by atoms with Crippen LogP contribution < -0.4 is 0 Å². The Bertz CT molecular complexity index is 666. The lowest BCUT2D eigenvalue weighted by atomic mass is 9.76. The van der Waals surface area contributed by atoms with Gasteiger partial charge in [-0.1, -0.05) is 6.92 Å². The maximum absolute atomic E-state index is 12.3. The zero-order chi connectivity index (χ0) is 18.5.